The molecule has 2 aromatic carbocycles. The molecule has 1 fully saturated rings. The summed E-state index contributed by atoms with van der Waals surface area (Å²) >= 11 is 0. The van der Waals surface area contributed by atoms with Gasteiger partial charge in [-0.25, -0.2) is 0 Å². The molecule has 2 aromatic rings. The highest BCUT2D eigenvalue weighted by Crippen LogP contribution is 2.21. The predicted octanol–water partition coefficient (Wildman–Crippen LogP) is 3.33. The van der Waals surface area contributed by atoms with Crippen LogP contribution in [0.25, 0.3) is 0 Å². The predicted molar refractivity (Wildman–Crippen MR) is 96.3 cm³/mol. The van der Waals surface area contributed by atoms with Gasteiger partial charge in [-0.2, -0.15) is 0 Å². The van der Waals surface area contributed by atoms with Crippen molar-refractivity contribution < 1.29 is 19.2 Å². The van der Waals surface area contributed by atoms with E-state index >= 15 is 0 Å². The van der Waals surface area contributed by atoms with Crippen LogP contribution in [0.2, 0.25) is 0 Å². The number of rotatable bonds is 7. The fraction of sp³-hybridized carbons (Fsp3) is 0.316. The van der Waals surface area contributed by atoms with Crippen molar-refractivity contribution in [2.24, 2.45) is 0 Å². The van der Waals surface area contributed by atoms with Gasteiger partial charge in [0.2, 0.25) is 5.91 Å². The highest BCUT2D eigenvalue weighted by atomic mass is 16.6. The fourth-order valence-electron chi connectivity index (χ4n) is 2.85. The van der Waals surface area contributed by atoms with Crippen molar-refractivity contribution in [1.29, 1.82) is 0 Å². The fourth-order valence-corrected chi connectivity index (χ4v) is 2.85. The van der Waals surface area contributed by atoms with Gasteiger partial charge in [0, 0.05) is 30.0 Å². The maximum atomic E-state index is 12.2. The van der Waals surface area contributed by atoms with E-state index < -0.39 is 4.92 Å². The van der Waals surface area contributed by atoms with Crippen LogP contribution in [0.15, 0.2) is 48.5 Å². The Morgan fingerprint density at radius 1 is 1.27 bits per heavy atom. The van der Waals surface area contributed by atoms with E-state index in [9.17, 15) is 14.9 Å². The van der Waals surface area contributed by atoms with Gasteiger partial charge in [-0.1, -0.05) is 24.3 Å². The third-order valence-electron chi connectivity index (χ3n) is 4.12. The standard InChI is InChI=1S/C19H20N2O5/c22-19(11-14-5-1-2-9-18(14)21(23)24)20-15-6-3-7-16(12-15)26-13-17-8-4-10-25-17/h1-3,5-7,9,12,17H,4,8,10-11,13H2,(H,20,22). The lowest BCUT2D eigenvalue weighted by Crippen LogP contribution is -2.17. The zero-order valence-electron chi connectivity index (χ0n) is 14.2. The lowest BCUT2D eigenvalue weighted by Gasteiger charge is -2.12. The first-order valence-electron chi connectivity index (χ1n) is 8.48. The summed E-state index contributed by atoms with van der Waals surface area (Å²) in [4.78, 5) is 22.8. The van der Waals surface area contributed by atoms with E-state index in [1.165, 1.54) is 6.07 Å². The molecule has 1 aliphatic heterocycles. The third-order valence-corrected chi connectivity index (χ3v) is 4.12. The Labute approximate surface area is 151 Å². The van der Waals surface area contributed by atoms with E-state index in [0.717, 1.165) is 19.4 Å². The number of para-hydroxylation sites is 1. The largest absolute Gasteiger partial charge is 0.491 e. The van der Waals surface area contributed by atoms with Gasteiger partial charge in [0.05, 0.1) is 17.4 Å². The summed E-state index contributed by atoms with van der Waals surface area (Å²) in [5.41, 5.74) is 0.899. The average Bonchev–Trinajstić information content (AvgIpc) is 3.14. The minimum absolute atomic E-state index is 0.0590. The average molecular weight is 356 g/mol. The first kappa shape index (κ1) is 17.9. The van der Waals surface area contributed by atoms with Crippen LogP contribution in [0.4, 0.5) is 11.4 Å². The monoisotopic (exact) mass is 356 g/mol. The highest BCUT2D eigenvalue weighted by Gasteiger charge is 2.17. The Kier molecular flexibility index (Phi) is 5.80. The van der Waals surface area contributed by atoms with Crippen LogP contribution in [-0.2, 0) is 16.0 Å². The molecule has 0 spiro atoms. The van der Waals surface area contributed by atoms with Crippen LogP contribution in [-0.4, -0.2) is 30.1 Å². The van der Waals surface area contributed by atoms with Crippen LogP contribution in [0.1, 0.15) is 18.4 Å². The van der Waals surface area contributed by atoms with Gasteiger partial charge in [-0.15, -0.1) is 0 Å². The number of amides is 1. The zero-order chi connectivity index (χ0) is 18.4. The van der Waals surface area contributed by atoms with E-state index in [1.54, 1.807) is 36.4 Å². The van der Waals surface area contributed by atoms with Gasteiger partial charge < -0.3 is 14.8 Å². The molecule has 1 N–H and O–H groups in total. The van der Waals surface area contributed by atoms with Crippen molar-refractivity contribution in [3.63, 3.8) is 0 Å². The SMILES string of the molecule is O=C(Cc1ccccc1[N+](=O)[O-])Nc1cccc(OCC2CCCO2)c1. The number of benzene rings is 2. The molecule has 1 heterocycles. The summed E-state index contributed by atoms with van der Waals surface area (Å²) in [6.07, 6.45) is 2.09. The molecule has 1 amide bonds. The summed E-state index contributed by atoms with van der Waals surface area (Å²) in [6.45, 7) is 1.25. The lowest BCUT2D eigenvalue weighted by atomic mass is 10.1. The van der Waals surface area contributed by atoms with Crippen LogP contribution in [0.5, 0.6) is 5.75 Å². The van der Waals surface area contributed by atoms with Gasteiger partial charge >= 0.3 is 0 Å². The topological polar surface area (TPSA) is 90.7 Å². The van der Waals surface area contributed by atoms with Crippen molar-refractivity contribution in [3.05, 3.63) is 64.2 Å². The molecule has 0 radical (unpaired) electrons. The molecular weight excluding hydrogens is 336 g/mol. The molecule has 0 aliphatic carbocycles. The molecule has 1 aliphatic rings. The second-order valence-electron chi connectivity index (χ2n) is 6.08. The minimum Gasteiger partial charge on any atom is -0.491 e. The van der Waals surface area contributed by atoms with Crippen LogP contribution in [0, 0.1) is 10.1 Å². The van der Waals surface area contributed by atoms with E-state index in [1.807, 2.05) is 6.07 Å². The number of nitro benzene ring substituents is 1. The Morgan fingerprint density at radius 3 is 2.88 bits per heavy atom. The number of nitro groups is 1. The first-order chi connectivity index (χ1) is 12.6. The van der Waals surface area contributed by atoms with Crippen LogP contribution < -0.4 is 10.1 Å². The molecule has 0 aromatic heterocycles. The Balaban J connectivity index is 1.59. The second kappa shape index (κ2) is 8.44. The number of anilines is 1. The summed E-state index contributed by atoms with van der Waals surface area (Å²) in [5.74, 6) is 0.319. The van der Waals surface area contributed by atoms with E-state index in [2.05, 4.69) is 5.32 Å². The van der Waals surface area contributed by atoms with Crippen LogP contribution in [0.3, 0.4) is 0 Å². The summed E-state index contributed by atoms with van der Waals surface area (Å²) in [6, 6.07) is 13.3. The molecule has 7 heteroatoms. The quantitative estimate of drug-likeness (QED) is 0.607. The third kappa shape index (κ3) is 4.80. The van der Waals surface area contributed by atoms with E-state index in [-0.39, 0.29) is 24.1 Å². The normalized spacial score (nSPS) is 16.2. The summed E-state index contributed by atoms with van der Waals surface area (Å²) in [7, 11) is 0. The first-order valence-corrected chi connectivity index (χ1v) is 8.48. The number of nitrogens with zero attached hydrogens (tertiary/aromatic N) is 1. The van der Waals surface area contributed by atoms with Crippen molar-refractivity contribution in [2.45, 2.75) is 25.4 Å². The Hall–Kier alpha value is -2.93. The molecule has 26 heavy (non-hydrogen) atoms. The maximum Gasteiger partial charge on any atom is 0.273 e. The molecule has 1 unspecified atom stereocenters. The second-order valence-corrected chi connectivity index (χ2v) is 6.08. The summed E-state index contributed by atoms with van der Waals surface area (Å²) in [5, 5.41) is 13.8. The molecule has 136 valence electrons. The van der Waals surface area contributed by atoms with Gasteiger partial charge in [-0.3, -0.25) is 14.9 Å². The van der Waals surface area contributed by atoms with Gasteiger partial charge in [0.15, 0.2) is 0 Å². The number of ether oxygens (including phenoxy) is 2. The highest BCUT2D eigenvalue weighted by molar-refractivity contribution is 5.93. The maximum absolute atomic E-state index is 12.2. The van der Waals surface area contributed by atoms with E-state index in [4.69, 9.17) is 9.47 Å². The number of hydrogen-bond acceptors (Lipinski definition) is 5. The van der Waals surface area contributed by atoms with Gasteiger partial charge in [0.25, 0.3) is 5.69 Å². The molecule has 3 rings (SSSR count). The van der Waals surface area contributed by atoms with E-state index in [0.29, 0.717) is 23.6 Å². The summed E-state index contributed by atoms with van der Waals surface area (Å²) < 4.78 is 11.2. The number of carbonyl (C=O) groups excluding carboxylic acids is 1. The smallest absolute Gasteiger partial charge is 0.273 e. The Bertz CT molecular complexity index is 787. The lowest BCUT2D eigenvalue weighted by molar-refractivity contribution is -0.385. The molecule has 7 nitrogen and oxygen atoms in total. The van der Waals surface area contributed by atoms with Crippen LogP contribution >= 0.6 is 0 Å². The van der Waals surface area contributed by atoms with Crippen molar-refractivity contribution in [1.82, 2.24) is 0 Å². The molecule has 1 atom stereocenters. The molecule has 1 saturated heterocycles. The van der Waals surface area contributed by atoms with Gasteiger partial charge in [-0.05, 0) is 25.0 Å². The zero-order valence-corrected chi connectivity index (χ0v) is 14.2. The minimum atomic E-state index is -0.484. The molecule has 0 bridgehead atoms. The molecular formula is C19H20N2O5. The Morgan fingerprint density at radius 2 is 2.12 bits per heavy atom. The number of carbonyl (C=O) groups is 1. The number of hydrogen-bond donors (Lipinski definition) is 1. The number of nitrogens with one attached hydrogen (secondary N) is 1. The van der Waals surface area contributed by atoms with Crippen molar-refractivity contribution in [2.75, 3.05) is 18.5 Å². The van der Waals surface area contributed by atoms with Crippen molar-refractivity contribution >= 4 is 17.3 Å². The molecule has 0 saturated carbocycles. The van der Waals surface area contributed by atoms with Crippen molar-refractivity contribution in [3.8, 4) is 5.75 Å². The van der Waals surface area contributed by atoms with Gasteiger partial charge in [0.1, 0.15) is 12.4 Å².